The van der Waals surface area contributed by atoms with Gasteiger partial charge in [0, 0.05) is 12.1 Å². The van der Waals surface area contributed by atoms with E-state index in [1.807, 2.05) is 26.0 Å². The summed E-state index contributed by atoms with van der Waals surface area (Å²) in [6, 6.07) is 3.83. The van der Waals surface area contributed by atoms with Gasteiger partial charge in [-0.3, -0.25) is 0 Å². The third-order valence-corrected chi connectivity index (χ3v) is 3.05. The Morgan fingerprint density at radius 3 is 2.80 bits per heavy atom. The maximum absolute atomic E-state index is 5.13. The largest absolute Gasteiger partial charge is 0.380 e. The Hall–Kier alpha value is -2.70. The van der Waals surface area contributed by atoms with E-state index in [4.69, 9.17) is 4.52 Å². The van der Waals surface area contributed by atoms with Crippen molar-refractivity contribution in [2.45, 2.75) is 20.4 Å². The number of aromatic nitrogens is 5. The van der Waals surface area contributed by atoms with Gasteiger partial charge in [-0.25, -0.2) is 14.6 Å². The van der Waals surface area contributed by atoms with E-state index in [2.05, 4.69) is 25.5 Å². The fraction of sp³-hybridized carbons (Fsp3) is 0.231. The van der Waals surface area contributed by atoms with Crippen molar-refractivity contribution in [3.8, 4) is 5.82 Å². The Labute approximate surface area is 115 Å². The van der Waals surface area contributed by atoms with Crippen LogP contribution in [0.25, 0.3) is 5.82 Å². The lowest BCUT2D eigenvalue weighted by Gasteiger charge is -2.06. The minimum Gasteiger partial charge on any atom is -0.380 e. The van der Waals surface area contributed by atoms with Gasteiger partial charge in [-0.05, 0) is 26.0 Å². The zero-order valence-electron chi connectivity index (χ0n) is 11.2. The van der Waals surface area contributed by atoms with Crippen LogP contribution in [-0.4, -0.2) is 24.9 Å². The third-order valence-electron chi connectivity index (χ3n) is 3.05. The minimum absolute atomic E-state index is 0.658. The molecule has 0 aromatic carbocycles. The monoisotopic (exact) mass is 270 g/mol. The standard InChI is InChI=1S/C13H14N6O/c1-9-12(10(2)20-18-9)6-15-11-3-4-13(16-5-11)19-8-14-7-17-19/h3-5,7-8,15H,6H2,1-2H3. The molecule has 20 heavy (non-hydrogen) atoms. The van der Waals surface area contributed by atoms with Gasteiger partial charge in [0.25, 0.3) is 0 Å². The number of pyridine rings is 1. The van der Waals surface area contributed by atoms with E-state index in [0.717, 1.165) is 28.5 Å². The molecule has 3 rings (SSSR count). The molecule has 7 heteroatoms. The molecule has 102 valence electrons. The van der Waals surface area contributed by atoms with E-state index in [9.17, 15) is 0 Å². The van der Waals surface area contributed by atoms with Crippen LogP contribution in [0.4, 0.5) is 5.69 Å². The van der Waals surface area contributed by atoms with Crippen LogP contribution in [0.3, 0.4) is 0 Å². The van der Waals surface area contributed by atoms with Crippen molar-refractivity contribution in [1.82, 2.24) is 24.9 Å². The van der Waals surface area contributed by atoms with E-state index in [0.29, 0.717) is 6.54 Å². The molecule has 0 bridgehead atoms. The van der Waals surface area contributed by atoms with Gasteiger partial charge in [0.05, 0.1) is 17.6 Å². The molecule has 0 amide bonds. The Balaban J connectivity index is 1.70. The Morgan fingerprint density at radius 2 is 2.20 bits per heavy atom. The van der Waals surface area contributed by atoms with Crippen LogP contribution in [0.2, 0.25) is 0 Å². The number of hydrogen-bond acceptors (Lipinski definition) is 6. The number of hydrogen-bond donors (Lipinski definition) is 1. The normalized spacial score (nSPS) is 10.7. The van der Waals surface area contributed by atoms with Crippen molar-refractivity contribution in [1.29, 1.82) is 0 Å². The summed E-state index contributed by atoms with van der Waals surface area (Å²) in [5, 5.41) is 11.2. The molecule has 0 aliphatic carbocycles. The van der Waals surface area contributed by atoms with Gasteiger partial charge < -0.3 is 9.84 Å². The van der Waals surface area contributed by atoms with Crippen LogP contribution < -0.4 is 5.32 Å². The summed E-state index contributed by atoms with van der Waals surface area (Å²) in [4.78, 5) is 8.21. The number of anilines is 1. The molecule has 3 aromatic heterocycles. The van der Waals surface area contributed by atoms with Crippen molar-refractivity contribution in [2.75, 3.05) is 5.32 Å². The van der Waals surface area contributed by atoms with Crippen molar-refractivity contribution in [3.63, 3.8) is 0 Å². The van der Waals surface area contributed by atoms with Crippen molar-refractivity contribution < 1.29 is 4.52 Å². The molecule has 7 nitrogen and oxygen atoms in total. The molecule has 0 spiro atoms. The van der Waals surface area contributed by atoms with E-state index < -0.39 is 0 Å². The van der Waals surface area contributed by atoms with Gasteiger partial charge in [-0.2, -0.15) is 5.10 Å². The minimum atomic E-state index is 0.658. The van der Waals surface area contributed by atoms with E-state index in [-0.39, 0.29) is 0 Å². The van der Waals surface area contributed by atoms with Gasteiger partial charge in [-0.1, -0.05) is 5.16 Å². The summed E-state index contributed by atoms with van der Waals surface area (Å²) in [5.41, 5.74) is 2.90. The number of nitrogens with one attached hydrogen (secondary N) is 1. The fourth-order valence-electron chi connectivity index (χ4n) is 1.90. The third kappa shape index (κ3) is 2.37. The van der Waals surface area contributed by atoms with Crippen LogP contribution in [0.1, 0.15) is 17.0 Å². The van der Waals surface area contributed by atoms with Gasteiger partial charge in [0.1, 0.15) is 18.4 Å². The number of nitrogens with zero attached hydrogens (tertiary/aromatic N) is 5. The van der Waals surface area contributed by atoms with Gasteiger partial charge >= 0.3 is 0 Å². The van der Waals surface area contributed by atoms with E-state index >= 15 is 0 Å². The summed E-state index contributed by atoms with van der Waals surface area (Å²) in [6.45, 7) is 4.49. The van der Waals surface area contributed by atoms with Gasteiger partial charge in [0.2, 0.25) is 0 Å². The molecule has 0 saturated heterocycles. The molecule has 0 atom stereocenters. The molecule has 0 aliphatic rings. The van der Waals surface area contributed by atoms with Crippen LogP contribution in [-0.2, 0) is 6.54 Å². The average molecular weight is 270 g/mol. The SMILES string of the molecule is Cc1noc(C)c1CNc1ccc(-n2cncn2)nc1. The lowest BCUT2D eigenvalue weighted by Crippen LogP contribution is -2.03. The van der Waals surface area contributed by atoms with E-state index in [1.165, 1.54) is 6.33 Å². The molecule has 3 aromatic rings. The van der Waals surface area contributed by atoms with Crippen LogP contribution in [0, 0.1) is 13.8 Å². The lowest BCUT2D eigenvalue weighted by atomic mass is 10.2. The second-order valence-electron chi connectivity index (χ2n) is 4.40. The summed E-state index contributed by atoms with van der Waals surface area (Å²) < 4.78 is 6.74. The van der Waals surface area contributed by atoms with Crippen molar-refractivity contribution in [3.05, 3.63) is 48.0 Å². The first-order valence-corrected chi connectivity index (χ1v) is 6.20. The summed E-state index contributed by atoms with van der Waals surface area (Å²) in [6.07, 6.45) is 4.85. The smallest absolute Gasteiger partial charge is 0.155 e. The van der Waals surface area contributed by atoms with Crippen LogP contribution in [0.5, 0.6) is 0 Å². The molecule has 0 fully saturated rings. The average Bonchev–Trinajstić information content (AvgIpc) is 3.09. The van der Waals surface area contributed by atoms with Crippen LogP contribution >= 0.6 is 0 Å². The van der Waals surface area contributed by atoms with Crippen molar-refractivity contribution in [2.24, 2.45) is 0 Å². The Bertz CT molecular complexity index is 667. The highest BCUT2D eigenvalue weighted by molar-refractivity contribution is 5.44. The zero-order chi connectivity index (χ0) is 13.9. The van der Waals surface area contributed by atoms with Gasteiger partial charge in [0.15, 0.2) is 5.82 Å². The summed E-state index contributed by atoms with van der Waals surface area (Å²) >= 11 is 0. The number of aryl methyl sites for hydroxylation is 2. The molecule has 3 heterocycles. The Kier molecular flexibility index (Phi) is 3.16. The maximum Gasteiger partial charge on any atom is 0.155 e. The fourth-order valence-corrected chi connectivity index (χ4v) is 1.90. The first-order valence-electron chi connectivity index (χ1n) is 6.20. The molecular formula is C13H14N6O. The van der Waals surface area contributed by atoms with Gasteiger partial charge in [-0.15, -0.1) is 0 Å². The molecule has 1 N–H and O–H groups in total. The molecule has 0 unspecified atom stereocenters. The lowest BCUT2D eigenvalue weighted by molar-refractivity contribution is 0.392. The van der Waals surface area contributed by atoms with Crippen molar-refractivity contribution >= 4 is 5.69 Å². The second-order valence-corrected chi connectivity index (χ2v) is 4.40. The second kappa shape index (κ2) is 5.12. The highest BCUT2D eigenvalue weighted by atomic mass is 16.5. The topological polar surface area (TPSA) is 81.7 Å². The Morgan fingerprint density at radius 1 is 1.30 bits per heavy atom. The number of rotatable bonds is 4. The first kappa shape index (κ1) is 12.3. The summed E-state index contributed by atoms with van der Waals surface area (Å²) in [7, 11) is 0. The predicted octanol–water partition coefficient (Wildman–Crippen LogP) is 1.88. The molecular weight excluding hydrogens is 256 g/mol. The molecule has 0 saturated carbocycles. The first-order chi connectivity index (χ1) is 9.74. The van der Waals surface area contributed by atoms with E-state index in [1.54, 1.807) is 17.2 Å². The molecule has 0 radical (unpaired) electrons. The highest BCUT2D eigenvalue weighted by Gasteiger charge is 2.08. The quantitative estimate of drug-likeness (QED) is 0.779. The van der Waals surface area contributed by atoms with Crippen LogP contribution in [0.15, 0.2) is 35.5 Å². The molecule has 0 aliphatic heterocycles. The summed E-state index contributed by atoms with van der Waals surface area (Å²) in [5.74, 6) is 1.56. The highest BCUT2D eigenvalue weighted by Crippen LogP contribution is 2.15. The predicted molar refractivity (Wildman–Crippen MR) is 72.5 cm³/mol. The maximum atomic E-state index is 5.13. The zero-order valence-corrected chi connectivity index (χ0v) is 11.2.